The predicted octanol–water partition coefficient (Wildman–Crippen LogP) is 2.57. The van der Waals surface area contributed by atoms with Crippen molar-refractivity contribution in [2.45, 2.75) is 56.8 Å². The molecule has 0 bridgehead atoms. The van der Waals surface area contributed by atoms with Crippen molar-refractivity contribution in [3.05, 3.63) is 71.3 Å². The molecule has 2 aliphatic heterocycles. The molecule has 43 heavy (non-hydrogen) atoms. The van der Waals surface area contributed by atoms with Crippen LogP contribution >= 0.6 is 12.6 Å². The molecular weight excluding hydrogens is 571 g/mol. The average Bonchev–Trinajstić information content (AvgIpc) is 3.59. The van der Waals surface area contributed by atoms with E-state index < -0.39 is 35.8 Å². The monoisotopic (exact) mass is 604 g/mol. The Hall–Kier alpha value is -4.32. The van der Waals surface area contributed by atoms with Crippen molar-refractivity contribution in [3.63, 3.8) is 0 Å². The van der Waals surface area contributed by atoms with E-state index in [4.69, 9.17) is 5.73 Å². The average molecular weight is 605 g/mol. The number of thiol groups is 1. The molecule has 1 saturated heterocycles. The molecule has 2 aromatic carbocycles. The Morgan fingerprint density at radius 2 is 1.86 bits per heavy atom. The number of nitrogens with two attached hydrogens (primary N) is 1. The van der Waals surface area contributed by atoms with Crippen LogP contribution in [-0.2, 0) is 38.6 Å². The molecule has 10 nitrogen and oxygen atoms in total. The molecule has 5 N–H and O–H groups in total. The molecule has 12 heteroatoms. The fraction of sp³-hybridized carbons (Fsp3) is 0.355. The number of halogens is 1. The van der Waals surface area contributed by atoms with Gasteiger partial charge in [0.1, 0.15) is 23.9 Å². The van der Waals surface area contributed by atoms with Gasteiger partial charge in [-0.05, 0) is 54.7 Å². The minimum atomic E-state index is -1.07. The maximum Gasteiger partial charge on any atom is 0.246 e. The molecule has 2 aromatic heterocycles. The maximum absolute atomic E-state index is 14.2. The molecule has 0 saturated carbocycles. The number of hydrogen-bond acceptors (Lipinski definition) is 5. The summed E-state index contributed by atoms with van der Waals surface area (Å²) in [4.78, 5) is 62.8. The van der Waals surface area contributed by atoms with Crippen LogP contribution < -0.4 is 11.1 Å². The van der Waals surface area contributed by atoms with Crippen LogP contribution in [0.5, 0.6) is 0 Å². The summed E-state index contributed by atoms with van der Waals surface area (Å²) >= 11 is 4.20. The third-order valence-electron chi connectivity index (χ3n) is 8.65. The number of aromatic amines is 2. The molecule has 0 radical (unpaired) electrons. The Balaban J connectivity index is 1.24. The fourth-order valence-electron chi connectivity index (χ4n) is 6.47. The van der Waals surface area contributed by atoms with Crippen molar-refractivity contribution in [3.8, 4) is 0 Å². The summed E-state index contributed by atoms with van der Waals surface area (Å²) in [6.45, 7) is 0.583. The van der Waals surface area contributed by atoms with Crippen molar-refractivity contribution in [1.82, 2.24) is 25.1 Å². The number of hydrogen-bond donors (Lipinski definition) is 5. The molecule has 1 fully saturated rings. The van der Waals surface area contributed by atoms with Gasteiger partial charge < -0.3 is 30.8 Å². The topological polar surface area (TPSA) is 144 Å². The van der Waals surface area contributed by atoms with Crippen LogP contribution in [0.3, 0.4) is 0 Å². The lowest BCUT2D eigenvalue weighted by Crippen LogP contribution is -2.61. The molecule has 6 rings (SSSR count). The van der Waals surface area contributed by atoms with Crippen molar-refractivity contribution in [1.29, 1.82) is 0 Å². The smallest absolute Gasteiger partial charge is 0.246 e. The zero-order chi connectivity index (χ0) is 30.2. The molecule has 4 amide bonds. The van der Waals surface area contributed by atoms with Crippen molar-refractivity contribution >= 4 is 58.1 Å². The highest BCUT2D eigenvalue weighted by Gasteiger charge is 2.42. The zero-order valence-corrected chi connectivity index (χ0v) is 24.3. The highest BCUT2D eigenvalue weighted by molar-refractivity contribution is 7.81. The molecular formula is C31H33FN6O4S. The Morgan fingerprint density at radius 1 is 1.05 bits per heavy atom. The van der Waals surface area contributed by atoms with Crippen LogP contribution in [0.15, 0.2) is 48.7 Å². The number of primary amides is 1. The molecule has 0 unspecified atom stereocenters. The first-order valence-electron chi connectivity index (χ1n) is 14.4. The highest BCUT2D eigenvalue weighted by Crippen LogP contribution is 2.32. The second-order valence-electron chi connectivity index (χ2n) is 11.2. The van der Waals surface area contributed by atoms with Gasteiger partial charge in [-0.1, -0.05) is 18.2 Å². The van der Waals surface area contributed by atoms with E-state index in [1.54, 1.807) is 22.1 Å². The Morgan fingerprint density at radius 3 is 2.65 bits per heavy atom. The summed E-state index contributed by atoms with van der Waals surface area (Å²) in [6.07, 6.45) is 3.87. The Labute approximate surface area is 252 Å². The lowest BCUT2D eigenvalue weighted by Gasteiger charge is -2.41. The number of para-hydroxylation sites is 1. The number of H-pyrrole nitrogens is 2. The van der Waals surface area contributed by atoms with Crippen molar-refractivity contribution < 1.29 is 23.6 Å². The van der Waals surface area contributed by atoms with Gasteiger partial charge in [-0.25, -0.2) is 4.39 Å². The molecule has 224 valence electrons. The maximum atomic E-state index is 14.2. The molecule has 2 aliphatic rings. The van der Waals surface area contributed by atoms with E-state index in [-0.39, 0.29) is 30.5 Å². The first-order chi connectivity index (χ1) is 20.7. The van der Waals surface area contributed by atoms with Gasteiger partial charge in [0.2, 0.25) is 23.6 Å². The number of fused-ring (bicyclic) bond motifs is 4. The van der Waals surface area contributed by atoms with Crippen LogP contribution in [0, 0.1) is 5.82 Å². The zero-order valence-electron chi connectivity index (χ0n) is 23.4. The minimum Gasteiger partial charge on any atom is -0.368 e. The van der Waals surface area contributed by atoms with Gasteiger partial charge >= 0.3 is 0 Å². The van der Waals surface area contributed by atoms with Crippen LogP contribution in [0.2, 0.25) is 0 Å². The highest BCUT2D eigenvalue weighted by atomic mass is 32.1. The first kappa shape index (κ1) is 28.8. The number of nitrogens with zero attached hydrogens (tertiary/aromatic N) is 2. The van der Waals surface area contributed by atoms with E-state index in [0.717, 1.165) is 28.6 Å². The summed E-state index contributed by atoms with van der Waals surface area (Å²) in [6, 6.07) is 9.41. The number of likely N-dealkylation sites (tertiary alicyclic amines) is 1. The van der Waals surface area contributed by atoms with Crippen LogP contribution in [-0.4, -0.2) is 73.8 Å². The molecule has 4 aromatic rings. The summed E-state index contributed by atoms with van der Waals surface area (Å²) in [7, 11) is 0. The number of carbonyl (C=O) groups excluding carboxylic acids is 4. The lowest BCUT2D eigenvalue weighted by atomic mass is 9.93. The largest absolute Gasteiger partial charge is 0.368 e. The standard InChI is InChI=1S/C31H33FN6O4S/c32-18-8-9-22-20(12-18)17(14-34-22)11-24(29(33)40)36-30(41)26-7-3-4-10-37(26)31(42)27-13-21-19-5-1-2-6-23(19)35-25(21)15-38(27)28(39)16-43/h1-2,5-6,8-9,12,14,24,26-27,34-35,43H,3-4,7,10-11,13,15-16H2,(H2,33,40)(H,36,41)/t24-,26-,27-/m0/s1. The Bertz CT molecular complexity index is 1730. The number of benzene rings is 2. The van der Waals surface area contributed by atoms with Crippen LogP contribution in [0.25, 0.3) is 21.8 Å². The number of carbonyl (C=O) groups is 4. The quantitative estimate of drug-likeness (QED) is 0.207. The Kier molecular flexibility index (Phi) is 7.87. The van der Waals surface area contributed by atoms with Crippen molar-refractivity contribution in [2.75, 3.05) is 12.3 Å². The second kappa shape index (κ2) is 11.8. The van der Waals surface area contributed by atoms with Gasteiger partial charge in [0.15, 0.2) is 0 Å². The van der Waals surface area contributed by atoms with Gasteiger partial charge in [-0.3, -0.25) is 19.2 Å². The summed E-state index contributed by atoms with van der Waals surface area (Å²) in [5, 5.41) is 4.36. The van der Waals surface area contributed by atoms with Crippen molar-refractivity contribution in [2.24, 2.45) is 5.73 Å². The summed E-state index contributed by atoms with van der Waals surface area (Å²) in [5.41, 5.74) is 9.82. The van der Waals surface area contributed by atoms with Gasteiger partial charge in [0.05, 0.1) is 12.3 Å². The minimum absolute atomic E-state index is 0.0543. The van der Waals surface area contributed by atoms with E-state index in [0.29, 0.717) is 42.3 Å². The molecule has 4 heterocycles. The predicted molar refractivity (Wildman–Crippen MR) is 163 cm³/mol. The van der Waals surface area contributed by atoms with E-state index in [1.807, 2.05) is 24.3 Å². The second-order valence-corrected chi connectivity index (χ2v) is 11.6. The van der Waals surface area contributed by atoms with Gasteiger partial charge in [-0.2, -0.15) is 12.6 Å². The van der Waals surface area contributed by atoms with Crippen LogP contribution in [0.1, 0.15) is 36.1 Å². The summed E-state index contributed by atoms with van der Waals surface area (Å²) < 4.78 is 13.9. The number of piperidine rings is 1. The first-order valence-corrected chi connectivity index (χ1v) is 15.0. The van der Waals surface area contributed by atoms with E-state index in [2.05, 4.69) is 27.9 Å². The summed E-state index contributed by atoms with van der Waals surface area (Å²) in [5.74, 6) is -2.28. The van der Waals surface area contributed by atoms with E-state index in [1.165, 1.54) is 12.1 Å². The van der Waals surface area contributed by atoms with E-state index in [9.17, 15) is 23.6 Å². The third kappa shape index (κ3) is 5.47. The van der Waals surface area contributed by atoms with E-state index >= 15 is 0 Å². The number of nitrogens with one attached hydrogen (secondary N) is 3. The molecule has 0 spiro atoms. The third-order valence-corrected chi connectivity index (χ3v) is 8.92. The lowest BCUT2D eigenvalue weighted by molar-refractivity contribution is -0.151. The SMILES string of the molecule is NC(=O)[C@H](Cc1c[nH]c2ccc(F)cc12)NC(=O)[C@@H]1CCCCN1C(=O)[C@@H]1Cc2c([nH]c3ccccc23)CN1C(=O)CS. The fourth-order valence-corrected chi connectivity index (χ4v) is 6.65. The number of amides is 4. The van der Waals surface area contributed by atoms with Crippen LogP contribution in [0.4, 0.5) is 4.39 Å². The normalized spacial score (nSPS) is 19.3. The van der Waals surface area contributed by atoms with Gasteiger partial charge in [0, 0.05) is 53.1 Å². The van der Waals surface area contributed by atoms with Gasteiger partial charge in [0.25, 0.3) is 0 Å². The number of rotatable bonds is 7. The molecule has 3 atom stereocenters. The molecule has 0 aliphatic carbocycles. The number of aromatic nitrogens is 2. The van der Waals surface area contributed by atoms with Gasteiger partial charge in [-0.15, -0.1) is 0 Å².